The highest BCUT2D eigenvalue weighted by Gasteiger charge is 2.36. The Bertz CT molecular complexity index is 578. The van der Waals surface area contributed by atoms with Crippen LogP contribution in [0.2, 0.25) is 0 Å². The van der Waals surface area contributed by atoms with Crippen molar-refractivity contribution < 1.29 is 0 Å². The quantitative estimate of drug-likeness (QED) is 0.525. The van der Waals surface area contributed by atoms with Crippen LogP contribution in [0.1, 0.15) is 107 Å². The second-order valence-corrected chi connectivity index (χ2v) is 9.46. The Morgan fingerprint density at radius 1 is 0.875 bits per heavy atom. The van der Waals surface area contributed by atoms with Crippen LogP contribution >= 0.6 is 0 Å². The van der Waals surface area contributed by atoms with Gasteiger partial charge in [0.15, 0.2) is 0 Å². The first-order chi connectivity index (χ1) is 11.1. The van der Waals surface area contributed by atoms with Crippen molar-refractivity contribution in [1.82, 2.24) is 0 Å². The van der Waals surface area contributed by atoms with Crippen LogP contribution in [0.4, 0.5) is 0 Å². The highest BCUT2D eigenvalue weighted by molar-refractivity contribution is 5.50. The van der Waals surface area contributed by atoms with Crippen LogP contribution < -0.4 is 0 Å². The molecule has 0 aromatic heterocycles. The fourth-order valence-electron chi connectivity index (χ4n) is 5.04. The van der Waals surface area contributed by atoms with Crippen molar-refractivity contribution in [3.8, 4) is 0 Å². The Balaban J connectivity index is 2.83. The minimum Gasteiger partial charge on any atom is -0.0622 e. The zero-order valence-electron chi connectivity index (χ0n) is 17.8. The van der Waals surface area contributed by atoms with E-state index >= 15 is 0 Å². The van der Waals surface area contributed by atoms with E-state index < -0.39 is 0 Å². The van der Waals surface area contributed by atoms with Gasteiger partial charge in [0.2, 0.25) is 0 Å². The molecular formula is C24H40. The second kappa shape index (κ2) is 7.22. The van der Waals surface area contributed by atoms with Crippen molar-refractivity contribution in [2.45, 2.75) is 93.4 Å². The van der Waals surface area contributed by atoms with Gasteiger partial charge < -0.3 is 0 Å². The SMILES string of the molecule is Cc1cc(C(C)C)c2c(c1C)[C@H](C)[C@H](C)[C@H](C)[C@H](C)CC2C(C)C. The molecular weight excluding hydrogens is 288 g/mol. The van der Waals surface area contributed by atoms with Crippen LogP contribution in [-0.4, -0.2) is 0 Å². The van der Waals surface area contributed by atoms with Crippen LogP contribution in [0.15, 0.2) is 6.07 Å². The second-order valence-electron chi connectivity index (χ2n) is 9.46. The first kappa shape index (κ1) is 19.5. The fraction of sp³-hybridized carbons (Fsp3) is 0.750. The van der Waals surface area contributed by atoms with Gasteiger partial charge in [-0.15, -0.1) is 0 Å². The molecule has 0 aliphatic heterocycles. The molecule has 1 unspecified atom stereocenters. The first-order valence-electron chi connectivity index (χ1n) is 10.2. The van der Waals surface area contributed by atoms with E-state index in [1.165, 1.54) is 12.0 Å². The minimum absolute atomic E-state index is 0.606. The smallest absolute Gasteiger partial charge is 0.0130 e. The minimum atomic E-state index is 0.606. The summed E-state index contributed by atoms with van der Waals surface area (Å²) < 4.78 is 0. The molecule has 0 spiro atoms. The van der Waals surface area contributed by atoms with E-state index in [1.807, 2.05) is 0 Å². The van der Waals surface area contributed by atoms with Crippen molar-refractivity contribution in [2.75, 3.05) is 0 Å². The molecule has 2 rings (SSSR count). The Kier molecular flexibility index (Phi) is 5.88. The number of aryl methyl sites for hydroxylation is 1. The van der Waals surface area contributed by atoms with Gasteiger partial charge in [-0.3, -0.25) is 0 Å². The lowest BCUT2D eigenvalue weighted by Crippen LogP contribution is -2.30. The highest BCUT2D eigenvalue weighted by Crippen LogP contribution is 2.49. The van der Waals surface area contributed by atoms with E-state index in [0.29, 0.717) is 23.7 Å². The van der Waals surface area contributed by atoms with Gasteiger partial charge in [-0.2, -0.15) is 0 Å². The summed E-state index contributed by atoms with van der Waals surface area (Å²) in [6.45, 7) is 24.3. The van der Waals surface area contributed by atoms with Crippen LogP contribution in [0.3, 0.4) is 0 Å². The summed E-state index contributed by atoms with van der Waals surface area (Å²) in [6.07, 6.45) is 1.34. The lowest BCUT2D eigenvalue weighted by Gasteiger charge is -2.41. The molecule has 0 bridgehead atoms. The summed E-state index contributed by atoms with van der Waals surface area (Å²) in [7, 11) is 0. The highest BCUT2D eigenvalue weighted by atomic mass is 14.4. The zero-order valence-corrected chi connectivity index (χ0v) is 17.8. The third-order valence-corrected chi connectivity index (χ3v) is 7.36. The maximum atomic E-state index is 2.50. The number of benzene rings is 1. The van der Waals surface area contributed by atoms with Crippen molar-refractivity contribution in [1.29, 1.82) is 0 Å². The molecule has 0 N–H and O–H groups in total. The van der Waals surface area contributed by atoms with E-state index in [1.54, 1.807) is 22.3 Å². The number of hydrogen-bond acceptors (Lipinski definition) is 0. The molecule has 0 amide bonds. The van der Waals surface area contributed by atoms with Crippen LogP contribution in [0.5, 0.6) is 0 Å². The molecule has 0 heterocycles. The van der Waals surface area contributed by atoms with Crippen molar-refractivity contribution in [3.05, 3.63) is 33.9 Å². The number of fused-ring (bicyclic) bond motifs is 1. The van der Waals surface area contributed by atoms with Crippen LogP contribution in [0, 0.1) is 37.5 Å². The summed E-state index contributed by atoms with van der Waals surface area (Å²) in [5.74, 6) is 4.99. The maximum Gasteiger partial charge on any atom is -0.0130 e. The molecule has 0 heteroatoms. The summed E-state index contributed by atoms with van der Waals surface area (Å²) in [5, 5.41) is 0. The Hall–Kier alpha value is -0.780. The standard InChI is InChI=1S/C24H40/c1-13(2)21-11-15(5)17(7)19(9)20(10)23-18(8)16(6)12-22(14(3)4)24(21)23/h12-15,17,19-21H,11H2,1-10H3/t15-,17-,19-,20-,21?/m1/s1. The summed E-state index contributed by atoms with van der Waals surface area (Å²) in [4.78, 5) is 0. The van der Waals surface area contributed by atoms with Crippen LogP contribution in [0.25, 0.3) is 0 Å². The molecule has 1 aliphatic rings. The molecule has 1 aliphatic carbocycles. The predicted octanol–water partition coefficient (Wildman–Crippen LogP) is 7.58. The average Bonchev–Trinajstić information content (AvgIpc) is 2.51. The first-order valence-corrected chi connectivity index (χ1v) is 10.2. The molecule has 5 atom stereocenters. The molecule has 24 heavy (non-hydrogen) atoms. The lowest BCUT2D eigenvalue weighted by atomic mass is 9.63. The van der Waals surface area contributed by atoms with Crippen molar-refractivity contribution in [2.24, 2.45) is 23.7 Å². The molecule has 0 nitrogen and oxygen atoms in total. The lowest BCUT2D eigenvalue weighted by molar-refractivity contribution is 0.206. The number of rotatable bonds is 2. The monoisotopic (exact) mass is 328 g/mol. The maximum absolute atomic E-state index is 2.50. The van der Waals surface area contributed by atoms with Gasteiger partial charge >= 0.3 is 0 Å². The van der Waals surface area contributed by atoms with E-state index in [-0.39, 0.29) is 0 Å². The van der Waals surface area contributed by atoms with Gasteiger partial charge in [0, 0.05) is 0 Å². The Morgan fingerprint density at radius 2 is 1.46 bits per heavy atom. The largest absolute Gasteiger partial charge is 0.0622 e. The van der Waals surface area contributed by atoms with Gasteiger partial charge in [-0.05, 0) is 89.5 Å². The molecule has 0 radical (unpaired) electrons. The van der Waals surface area contributed by atoms with Gasteiger partial charge in [-0.25, -0.2) is 0 Å². The Morgan fingerprint density at radius 3 is 1.96 bits per heavy atom. The normalized spacial score (nSPS) is 31.1. The van der Waals surface area contributed by atoms with E-state index in [2.05, 4.69) is 75.3 Å². The predicted molar refractivity (Wildman–Crippen MR) is 108 cm³/mol. The molecule has 0 fully saturated rings. The number of hydrogen-bond donors (Lipinski definition) is 0. The van der Waals surface area contributed by atoms with Crippen LogP contribution in [-0.2, 0) is 0 Å². The summed E-state index contributed by atoms with van der Waals surface area (Å²) >= 11 is 0. The van der Waals surface area contributed by atoms with Gasteiger partial charge in [0.05, 0.1) is 0 Å². The summed E-state index contributed by atoms with van der Waals surface area (Å²) in [5.41, 5.74) is 8.08. The zero-order chi connectivity index (χ0) is 18.3. The molecule has 1 aromatic carbocycles. The van der Waals surface area contributed by atoms with E-state index in [4.69, 9.17) is 0 Å². The van der Waals surface area contributed by atoms with E-state index in [0.717, 1.165) is 17.8 Å². The fourth-order valence-corrected chi connectivity index (χ4v) is 5.04. The third kappa shape index (κ3) is 3.31. The Labute approximate surface area is 151 Å². The topological polar surface area (TPSA) is 0 Å². The molecule has 0 saturated carbocycles. The van der Waals surface area contributed by atoms with Gasteiger partial charge in [0.25, 0.3) is 0 Å². The molecule has 136 valence electrons. The van der Waals surface area contributed by atoms with Crippen molar-refractivity contribution >= 4 is 0 Å². The molecule has 1 aromatic rings. The third-order valence-electron chi connectivity index (χ3n) is 7.36. The molecule has 0 saturated heterocycles. The van der Waals surface area contributed by atoms with Gasteiger partial charge in [-0.1, -0.05) is 61.5 Å². The van der Waals surface area contributed by atoms with Gasteiger partial charge in [0.1, 0.15) is 0 Å². The van der Waals surface area contributed by atoms with E-state index in [9.17, 15) is 0 Å². The average molecular weight is 329 g/mol. The summed E-state index contributed by atoms with van der Waals surface area (Å²) in [6, 6.07) is 2.50. The van der Waals surface area contributed by atoms with Crippen molar-refractivity contribution in [3.63, 3.8) is 0 Å².